The van der Waals surface area contributed by atoms with E-state index in [1.807, 2.05) is 6.92 Å². The molecule has 0 N–H and O–H groups in total. The summed E-state index contributed by atoms with van der Waals surface area (Å²) in [5, 5.41) is 0. The van der Waals surface area contributed by atoms with Crippen LogP contribution < -0.4 is 0 Å². The van der Waals surface area contributed by atoms with E-state index in [0.29, 0.717) is 19.5 Å². The molecule has 0 saturated carbocycles. The number of carbonyl (C=O) groups excluding carboxylic acids is 1. The van der Waals surface area contributed by atoms with Crippen molar-refractivity contribution in [2.75, 3.05) is 13.1 Å². The molecule has 1 amide bonds. The maximum atomic E-state index is 12.5. The number of nitrogens with zero attached hydrogens (tertiary/aromatic N) is 3. The molecule has 2 rings (SSSR count). The molecule has 1 aliphatic rings. The molecule has 0 radical (unpaired) electrons. The molecule has 1 atom stereocenters. The SMILES string of the molecule is CCN1CCC(n2cc(C(F)(F)F)nc2C)C1=O. The Morgan fingerprint density at radius 1 is 1.50 bits per heavy atom. The van der Waals surface area contributed by atoms with Crippen LogP contribution in [0.15, 0.2) is 6.20 Å². The summed E-state index contributed by atoms with van der Waals surface area (Å²) in [6.45, 7) is 4.49. The van der Waals surface area contributed by atoms with Crippen molar-refractivity contribution in [3.63, 3.8) is 0 Å². The van der Waals surface area contributed by atoms with E-state index in [-0.39, 0.29) is 11.7 Å². The van der Waals surface area contributed by atoms with Gasteiger partial charge in [0.05, 0.1) is 0 Å². The predicted molar refractivity (Wildman–Crippen MR) is 57.9 cm³/mol. The lowest BCUT2D eigenvalue weighted by molar-refractivity contribution is -0.141. The van der Waals surface area contributed by atoms with E-state index < -0.39 is 17.9 Å². The van der Waals surface area contributed by atoms with Gasteiger partial charge in [0, 0.05) is 19.3 Å². The van der Waals surface area contributed by atoms with Crippen LogP contribution in [0.5, 0.6) is 0 Å². The van der Waals surface area contributed by atoms with E-state index >= 15 is 0 Å². The minimum Gasteiger partial charge on any atom is -0.341 e. The maximum Gasteiger partial charge on any atom is 0.434 e. The lowest BCUT2D eigenvalue weighted by Gasteiger charge is -2.15. The lowest BCUT2D eigenvalue weighted by atomic mass is 10.2. The number of likely N-dealkylation sites (N-methyl/N-ethyl adjacent to an activating group) is 1. The Balaban J connectivity index is 2.30. The molecule has 0 bridgehead atoms. The number of halogens is 3. The average Bonchev–Trinajstić information content (AvgIpc) is 2.81. The highest BCUT2D eigenvalue weighted by Crippen LogP contribution is 2.31. The number of aromatic nitrogens is 2. The zero-order chi connectivity index (χ0) is 13.5. The summed E-state index contributed by atoms with van der Waals surface area (Å²) in [4.78, 5) is 17.1. The number of rotatable bonds is 2. The van der Waals surface area contributed by atoms with E-state index in [0.717, 1.165) is 6.20 Å². The molecule has 7 heteroatoms. The summed E-state index contributed by atoms with van der Waals surface area (Å²) in [5.41, 5.74) is -0.942. The molecular weight excluding hydrogens is 247 g/mol. The third kappa shape index (κ3) is 2.09. The molecular formula is C11H14F3N3O. The van der Waals surface area contributed by atoms with Gasteiger partial charge in [0.15, 0.2) is 5.69 Å². The first-order valence-electron chi connectivity index (χ1n) is 5.76. The van der Waals surface area contributed by atoms with Crippen molar-refractivity contribution in [1.82, 2.24) is 14.5 Å². The fourth-order valence-corrected chi connectivity index (χ4v) is 2.23. The lowest BCUT2D eigenvalue weighted by Crippen LogP contribution is -2.28. The van der Waals surface area contributed by atoms with E-state index in [4.69, 9.17) is 0 Å². The van der Waals surface area contributed by atoms with Gasteiger partial charge >= 0.3 is 6.18 Å². The third-order valence-electron chi connectivity index (χ3n) is 3.19. The minimum atomic E-state index is -4.47. The number of hydrogen-bond acceptors (Lipinski definition) is 2. The minimum absolute atomic E-state index is 0.133. The Hall–Kier alpha value is -1.53. The fourth-order valence-electron chi connectivity index (χ4n) is 2.23. The second-order valence-corrected chi connectivity index (χ2v) is 4.30. The van der Waals surface area contributed by atoms with Gasteiger partial charge in [-0.05, 0) is 20.3 Å². The molecule has 1 aromatic heterocycles. The molecule has 2 heterocycles. The van der Waals surface area contributed by atoms with Crippen molar-refractivity contribution in [2.24, 2.45) is 0 Å². The van der Waals surface area contributed by atoms with Crippen LogP contribution in [0.4, 0.5) is 13.2 Å². The summed E-state index contributed by atoms with van der Waals surface area (Å²) in [5.74, 6) is 0.0883. The molecule has 18 heavy (non-hydrogen) atoms. The van der Waals surface area contributed by atoms with Crippen LogP contribution >= 0.6 is 0 Å². The average molecular weight is 261 g/mol. The number of alkyl halides is 3. The second-order valence-electron chi connectivity index (χ2n) is 4.30. The summed E-state index contributed by atoms with van der Waals surface area (Å²) >= 11 is 0. The van der Waals surface area contributed by atoms with Crippen LogP contribution in [-0.2, 0) is 11.0 Å². The van der Waals surface area contributed by atoms with E-state index in [9.17, 15) is 18.0 Å². The largest absolute Gasteiger partial charge is 0.434 e. The van der Waals surface area contributed by atoms with Gasteiger partial charge in [0.1, 0.15) is 11.9 Å². The number of aryl methyl sites for hydroxylation is 1. The number of imidazole rings is 1. The predicted octanol–water partition coefficient (Wildman–Crippen LogP) is 2.00. The quantitative estimate of drug-likeness (QED) is 0.816. The smallest absolute Gasteiger partial charge is 0.341 e. The maximum absolute atomic E-state index is 12.5. The van der Waals surface area contributed by atoms with Crippen LogP contribution in [0.2, 0.25) is 0 Å². The molecule has 1 unspecified atom stereocenters. The highest BCUT2D eigenvalue weighted by atomic mass is 19.4. The first kappa shape index (κ1) is 12.9. The monoisotopic (exact) mass is 261 g/mol. The number of likely N-dealkylation sites (tertiary alicyclic amines) is 1. The normalized spacial score (nSPS) is 20.8. The van der Waals surface area contributed by atoms with Gasteiger partial charge in [0.25, 0.3) is 0 Å². The Labute approximate surface area is 102 Å². The highest BCUT2D eigenvalue weighted by molar-refractivity contribution is 5.82. The fraction of sp³-hybridized carbons (Fsp3) is 0.636. The van der Waals surface area contributed by atoms with E-state index in [2.05, 4.69) is 4.98 Å². The van der Waals surface area contributed by atoms with Gasteiger partial charge in [-0.2, -0.15) is 13.2 Å². The van der Waals surface area contributed by atoms with Crippen molar-refractivity contribution in [2.45, 2.75) is 32.5 Å². The molecule has 1 aromatic rings. The molecule has 0 aliphatic carbocycles. The highest BCUT2D eigenvalue weighted by Gasteiger charge is 2.38. The summed E-state index contributed by atoms with van der Waals surface area (Å²) < 4.78 is 38.9. The van der Waals surface area contributed by atoms with E-state index in [1.54, 1.807) is 4.90 Å². The third-order valence-corrected chi connectivity index (χ3v) is 3.19. The van der Waals surface area contributed by atoms with Gasteiger partial charge in [0.2, 0.25) is 5.91 Å². The van der Waals surface area contributed by atoms with Crippen LogP contribution in [-0.4, -0.2) is 33.4 Å². The van der Waals surface area contributed by atoms with Gasteiger partial charge in [-0.15, -0.1) is 0 Å². The summed E-state index contributed by atoms with van der Waals surface area (Å²) in [6, 6.07) is -0.548. The van der Waals surface area contributed by atoms with Gasteiger partial charge in [-0.3, -0.25) is 4.79 Å². The van der Waals surface area contributed by atoms with Crippen LogP contribution in [0.1, 0.15) is 30.9 Å². The Kier molecular flexibility index (Phi) is 3.08. The molecule has 4 nitrogen and oxygen atoms in total. The standard InChI is InChI=1S/C11H14F3N3O/c1-3-16-5-4-8(10(16)18)17-6-9(11(12,13)14)15-7(17)2/h6,8H,3-5H2,1-2H3. The van der Waals surface area contributed by atoms with Crippen molar-refractivity contribution < 1.29 is 18.0 Å². The van der Waals surface area contributed by atoms with E-state index in [1.165, 1.54) is 11.5 Å². The zero-order valence-corrected chi connectivity index (χ0v) is 10.2. The van der Waals surface area contributed by atoms with Crippen molar-refractivity contribution >= 4 is 5.91 Å². The van der Waals surface area contributed by atoms with Crippen LogP contribution in [0.25, 0.3) is 0 Å². The molecule has 100 valence electrons. The zero-order valence-electron chi connectivity index (χ0n) is 10.2. The van der Waals surface area contributed by atoms with Gasteiger partial charge in [-0.25, -0.2) is 4.98 Å². The Bertz CT molecular complexity index is 467. The summed E-state index contributed by atoms with van der Waals surface area (Å²) in [6.07, 6.45) is -3.01. The van der Waals surface area contributed by atoms with Crippen molar-refractivity contribution in [3.05, 3.63) is 17.7 Å². The van der Waals surface area contributed by atoms with Gasteiger partial charge in [-0.1, -0.05) is 0 Å². The van der Waals surface area contributed by atoms with Crippen molar-refractivity contribution in [1.29, 1.82) is 0 Å². The first-order chi connectivity index (χ1) is 8.34. The van der Waals surface area contributed by atoms with Gasteiger partial charge < -0.3 is 9.47 Å². The molecule has 1 fully saturated rings. The molecule has 1 saturated heterocycles. The second kappa shape index (κ2) is 4.29. The van der Waals surface area contributed by atoms with Crippen LogP contribution in [0, 0.1) is 6.92 Å². The summed E-state index contributed by atoms with van der Waals surface area (Å²) in [7, 11) is 0. The topological polar surface area (TPSA) is 38.1 Å². The number of hydrogen-bond donors (Lipinski definition) is 0. The number of carbonyl (C=O) groups is 1. The van der Waals surface area contributed by atoms with Crippen molar-refractivity contribution in [3.8, 4) is 0 Å². The Morgan fingerprint density at radius 3 is 2.61 bits per heavy atom. The first-order valence-corrected chi connectivity index (χ1v) is 5.76. The molecule has 0 aromatic carbocycles. The molecule has 1 aliphatic heterocycles. The molecule has 0 spiro atoms. The Morgan fingerprint density at radius 2 is 2.17 bits per heavy atom. The van der Waals surface area contributed by atoms with Crippen LogP contribution in [0.3, 0.4) is 0 Å². The number of amides is 1.